The Morgan fingerprint density at radius 1 is 1.48 bits per heavy atom. The summed E-state index contributed by atoms with van der Waals surface area (Å²) in [4.78, 5) is 10.0. The Kier molecular flexibility index (Phi) is 5.80. The quantitative estimate of drug-likeness (QED) is 0.635. The number of oxazole rings is 1. The van der Waals surface area contributed by atoms with Gasteiger partial charge in [-0.15, -0.1) is 11.3 Å². The first kappa shape index (κ1) is 15.6. The van der Waals surface area contributed by atoms with Crippen molar-refractivity contribution in [3.8, 4) is 10.8 Å². The number of hydrogen-bond donors (Lipinski definition) is 2. The summed E-state index contributed by atoms with van der Waals surface area (Å²) in [6.07, 6.45) is 2.72. The molecule has 0 aliphatic rings. The second kappa shape index (κ2) is 7.83. The van der Waals surface area contributed by atoms with Crippen molar-refractivity contribution in [2.45, 2.75) is 39.8 Å². The molecule has 0 amide bonds. The largest absolute Gasteiger partial charge is 0.443 e. The van der Waals surface area contributed by atoms with Gasteiger partial charge in [0.05, 0.1) is 11.4 Å². The molecule has 0 saturated heterocycles. The fourth-order valence-corrected chi connectivity index (χ4v) is 2.36. The molecule has 0 aliphatic carbocycles. The molecule has 1 unspecified atom stereocenters. The van der Waals surface area contributed by atoms with Crippen LogP contribution in [0.3, 0.4) is 0 Å². The highest BCUT2D eigenvalue weighted by molar-refractivity contribution is 7.13. The van der Waals surface area contributed by atoms with Crippen molar-refractivity contribution < 1.29 is 4.42 Å². The molecule has 114 valence electrons. The van der Waals surface area contributed by atoms with Crippen LogP contribution in [0.2, 0.25) is 0 Å². The smallest absolute Gasteiger partial charge is 0.236 e. The third-order valence-corrected chi connectivity index (χ3v) is 3.88. The van der Waals surface area contributed by atoms with Gasteiger partial charge in [-0.3, -0.25) is 0 Å². The number of nitrogens with one attached hydrogen (secondary N) is 2. The topological polar surface area (TPSA) is 62.5 Å². The predicted octanol–water partition coefficient (Wildman–Crippen LogP) is 3.26. The Hall–Kier alpha value is -1.82. The molecule has 2 heterocycles. The van der Waals surface area contributed by atoms with E-state index >= 15 is 0 Å². The van der Waals surface area contributed by atoms with Gasteiger partial charge in [0.2, 0.25) is 5.89 Å². The Bertz CT molecular complexity index is 562. The van der Waals surface area contributed by atoms with Gasteiger partial charge >= 0.3 is 0 Å². The maximum Gasteiger partial charge on any atom is 0.236 e. The van der Waals surface area contributed by atoms with Crippen LogP contribution in [0.5, 0.6) is 0 Å². The Labute approximate surface area is 129 Å². The molecule has 0 bridgehead atoms. The van der Waals surface area contributed by atoms with Gasteiger partial charge in [-0.1, -0.05) is 13.0 Å². The molecule has 2 N–H and O–H groups in total. The minimum atomic E-state index is 0.391. The van der Waals surface area contributed by atoms with Gasteiger partial charge < -0.3 is 15.1 Å². The van der Waals surface area contributed by atoms with Crippen molar-refractivity contribution in [2.24, 2.45) is 4.99 Å². The van der Waals surface area contributed by atoms with Crippen LogP contribution in [-0.4, -0.2) is 23.5 Å². The van der Waals surface area contributed by atoms with E-state index in [1.165, 1.54) is 0 Å². The highest BCUT2D eigenvalue weighted by Gasteiger charge is 2.08. The van der Waals surface area contributed by atoms with E-state index in [4.69, 9.17) is 4.42 Å². The molecule has 2 rings (SSSR count). The van der Waals surface area contributed by atoms with E-state index < -0.39 is 0 Å². The highest BCUT2D eigenvalue weighted by atomic mass is 32.1. The van der Waals surface area contributed by atoms with Crippen LogP contribution in [0.15, 0.2) is 33.2 Å². The van der Waals surface area contributed by atoms with Gasteiger partial charge in [0, 0.05) is 12.6 Å². The maximum atomic E-state index is 5.49. The highest BCUT2D eigenvalue weighted by Crippen LogP contribution is 2.23. The molecule has 2 aromatic heterocycles. The number of hydrogen-bond acceptors (Lipinski definition) is 4. The number of aliphatic imine (C=N–C) groups is 1. The number of aromatic nitrogens is 1. The van der Waals surface area contributed by atoms with E-state index in [-0.39, 0.29) is 0 Å². The van der Waals surface area contributed by atoms with Gasteiger partial charge in [0.25, 0.3) is 0 Å². The lowest BCUT2D eigenvalue weighted by atomic mass is 10.3. The zero-order valence-corrected chi connectivity index (χ0v) is 13.5. The minimum Gasteiger partial charge on any atom is -0.443 e. The fraction of sp³-hybridized carbons (Fsp3) is 0.467. The molecule has 5 nitrogen and oxygen atoms in total. The molecule has 0 fully saturated rings. The molecule has 0 aliphatic heterocycles. The van der Waals surface area contributed by atoms with E-state index in [1.807, 2.05) is 17.5 Å². The van der Waals surface area contributed by atoms with E-state index in [1.54, 1.807) is 17.6 Å². The molecular weight excluding hydrogens is 284 g/mol. The van der Waals surface area contributed by atoms with Gasteiger partial charge in [-0.25, -0.2) is 9.98 Å². The second-order valence-corrected chi connectivity index (χ2v) is 5.72. The van der Waals surface area contributed by atoms with Crippen LogP contribution in [-0.2, 0) is 6.54 Å². The third kappa shape index (κ3) is 4.60. The predicted molar refractivity (Wildman–Crippen MR) is 87.5 cm³/mol. The van der Waals surface area contributed by atoms with Crippen molar-refractivity contribution in [2.75, 3.05) is 6.54 Å². The zero-order valence-electron chi connectivity index (χ0n) is 12.7. The summed E-state index contributed by atoms with van der Waals surface area (Å²) >= 11 is 1.62. The van der Waals surface area contributed by atoms with Crippen LogP contribution < -0.4 is 10.6 Å². The molecule has 0 saturated carbocycles. The van der Waals surface area contributed by atoms with E-state index in [0.29, 0.717) is 18.5 Å². The van der Waals surface area contributed by atoms with Gasteiger partial charge in [-0.05, 0) is 31.7 Å². The second-order valence-electron chi connectivity index (χ2n) is 4.77. The van der Waals surface area contributed by atoms with E-state index in [0.717, 1.165) is 29.5 Å². The lowest BCUT2D eigenvalue weighted by molar-refractivity contribution is 0.574. The molecule has 2 aromatic rings. The van der Waals surface area contributed by atoms with Crippen LogP contribution in [0.25, 0.3) is 10.8 Å². The van der Waals surface area contributed by atoms with Crippen molar-refractivity contribution in [1.29, 1.82) is 0 Å². The summed E-state index contributed by atoms with van der Waals surface area (Å²) in [6, 6.07) is 4.38. The summed E-state index contributed by atoms with van der Waals surface area (Å²) in [5.41, 5.74) is 0.833. The summed E-state index contributed by atoms with van der Waals surface area (Å²) < 4.78 is 5.49. The molecular formula is C15H22N4OS. The van der Waals surface area contributed by atoms with Crippen molar-refractivity contribution in [1.82, 2.24) is 15.6 Å². The molecule has 1 atom stereocenters. The first-order valence-electron chi connectivity index (χ1n) is 7.26. The summed E-state index contributed by atoms with van der Waals surface area (Å²) in [5, 5.41) is 8.60. The van der Waals surface area contributed by atoms with Gasteiger partial charge in [0.15, 0.2) is 5.96 Å². The Morgan fingerprint density at radius 2 is 2.33 bits per heavy atom. The summed E-state index contributed by atoms with van der Waals surface area (Å²) in [7, 11) is 0. The molecule has 6 heteroatoms. The number of guanidine groups is 1. The SMILES string of the molecule is CCNC(=NCc1coc(-c2cccs2)n1)NC(C)CC. The van der Waals surface area contributed by atoms with Gasteiger partial charge in [-0.2, -0.15) is 0 Å². The summed E-state index contributed by atoms with van der Waals surface area (Å²) in [5.74, 6) is 1.47. The van der Waals surface area contributed by atoms with Crippen molar-refractivity contribution >= 4 is 17.3 Å². The Morgan fingerprint density at radius 3 is 3.00 bits per heavy atom. The Balaban J connectivity index is 2.00. The molecule has 0 radical (unpaired) electrons. The van der Waals surface area contributed by atoms with Crippen LogP contribution >= 0.6 is 11.3 Å². The first-order valence-corrected chi connectivity index (χ1v) is 8.14. The third-order valence-electron chi connectivity index (χ3n) is 3.02. The maximum absolute atomic E-state index is 5.49. The van der Waals surface area contributed by atoms with Crippen molar-refractivity contribution in [3.05, 3.63) is 29.5 Å². The number of nitrogens with zero attached hydrogens (tertiary/aromatic N) is 2. The van der Waals surface area contributed by atoms with Gasteiger partial charge in [0.1, 0.15) is 12.0 Å². The lowest BCUT2D eigenvalue weighted by Gasteiger charge is -2.15. The fourth-order valence-electron chi connectivity index (χ4n) is 1.71. The summed E-state index contributed by atoms with van der Waals surface area (Å²) in [6.45, 7) is 7.67. The van der Waals surface area contributed by atoms with Crippen LogP contribution in [0.4, 0.5) is 0 Å². The minimum absolute atomic E-state index is 0.391. The number of thiophene rings is 1. The zero-order chi connectivity index (χ0) is 15.1. The van der Waals surface area contributed by atoms with Crippen LogP contribution in [0.1, 0.15) is 32.9 Å². The van der Waals surface area contributed by atoms with Crippen molar-refractivity contribution in [3.63, 3.8) is 0 Å². The first-order chi connectivity index (χ1) is 10.2. The van der Waals surface area contributed by atoms with Crippen LogP contribution in [0, 0.1) is 0 Å². The number of rotatable bonds is 6. The normalized spacial score (nSPS) is 13.2. The molecule has 0 spiro atoms. The average Bonchev–Trinajstić information content (AvgIpc) is 3.15. The van der Waals surface area contributed by atoms with E-state index in [2.05, 4.69) is 41.4 Å². The molecule has 0 aromatic carbocycles. The monoisotopic (exact) mass is 306 g/mol. The average molecular weight is 306 g/mol. The van der Waals surface area contributed by atoms with E-state index in [9.17, 15) is 0 Å². The standard InChI is InChI=1S/C15H22N4OS/c1-4-11(3)18-15(16-5-2)17-9-12-10-20-14(19-12)13-7-6-8-21-13/h6-8,10-11H,4-5,9H2,1-3H3,(H2,16,17,18). The lowest BCUT2D eigenvalue weighted by Crippen LogP contribution is -2.41. The molecule has 21 heavy (non-hydrogen) atoms.